The van der Waals surface area contributed by atoms with Gasteiger partial charge in [0.05, 0.1) is 4.91 Å². The molecule has 1 aliphatic rings. The van der Waals surface area contributed by atoms with Crippen molar-refractivity contribution in [2.24, 2.45) is 0 Å². The lowest BCUT2D eigenvalue weighted by Gasteiger charge is -2.15. The van der Waals surface area contributed by atoms with E-state index in [1.165, 1.54) is 36.7 Å². The fourth-order valence-corrected chi connectivity index (χ4v) is 3.15. The van der Waals surface area contributed by atoms with Gasteiger partial charge in [0.15, 0.2) is 4.32 Å². The van der Waals surface area contributed by atoms with Crippen molar-refractivity contribution < 1.29 is 14.7 Å². The highest BCUT2D eigenvalue weighted by atomic mass is 32.2. The van der Waals surface area contributed by atoms with Crippen molar-refractivity contribution in [3.63, 3.8) is 0 Å². The lowest BCUT2D eigenvalue weighted by Crippen LogP contribution is -2.44. The summed E-state index contributed by atoms with van der Waals surface area (Å²) in [7, 11) is 0. The number of hydrogen-bond acceptors (Lipinski definition) is 6. The molecular formula is C16H11N3O3S2. The van der Waals surface area contributed by atoms with Crippen LogP contribution >= 0.6 is 24.0 Å². The second-order valence-corrected chi connectivity index (χ2v) is 6.43. The zero-order valence-corrected chi connectivity index (χ0v) is 13.8. The number of phenolic OH excluding ortho intramolecular Hbond substituents is 1. The number of benzene rings is 1. The second-order valence-electron chi connectivity index (χ2n) is 4.75. The first-order valence-corrected chi connectivity index (χ1v) is 8.05. The minimum atomic E-state index is -0.461. The van der Waals surface area contributed by atoms with E-state index < -0.39 is 11.8 Å². The molecule has 0 spiro atoms. The number of carbonyl (C=O) groups is 2. The van der Waals surface area contributed by atoms with Crippen molar-refractivity contribution in [2.45, 2.75) is 0 Å². The number of hydrogen-bond donors (Lipinski definition) is 2. The van der Waals surface area contributed by atoms with Crippen LogP contribution in [-0.4, -0.2) is 31.2 Å². The van der Waals surface area contributed by atoms with Crippen molar-refractivity contribution in [3.8, 4) is 5.75 Å². The van der Waals surface area contributed by atoms with E-state index in [0.717, 1.165) is 16.8 Å². The van der Waals surface area contributed by atoms with Gasteiger partial charge in [0.25, 0.3) is 11.8 Å². The predicted octanol–water partition coefficient (Wildman–Crippen LogP) is 2.33. The summed E-state index contributed by atoms with van der Waals surface area (Å²) in [5, 5.41) is 10.8. The molecular weight excluding hydrogens is 346 g/mol. The molecule has 6 nitrogen and oxygen atoms in total. The van der Waals surface area contributed by atoms with Crippen LogP contribution in [0.25, 0.3) is 6.08 Å². The highest BCUT2D eigenvalue weighted by Gasteiger charge is 2.33. The number of phenols is 1. The highest BCUT2D eigenvalue weighted by Crippen LogP contribution is 2.33. The van der Waals surface area contributed by atoms with Crippen LogP contribution < -0.4 is 5.43 Å². The number of nitrogens with zero attached hydrogens (tertiary/aromatic N) is 2. The first-order chi connectivity index (χ1) is 11.6. The number of hydrazine groups is 1. The Morgan fingerprint density at radius 3 is 2.67 bits per heavy atom. The SMILES string of the molecule is O=C(NN1C(=O)/C(=C/c2ccccc2O)SC1=S)c1ccncc1. The summed E-state index contributed by atoms with van der Waals surface area (Å²) < 4.78 is 0.212. The van der Waals surface area contributed by atoms with Gasteiger partial charge in [-0.1, -0.05) is 30.0 Å². The number of carbonyl (C=O) groups excluding carboxylic acids is 2. The topological polar surface area (TPSA) is 82.5 Å². The number of amides is 2. The number of thiocarbonyl (C=S) groups is 1. The molecule has 0 aliphatic carbocycles. The molecule has 2 amide bonds. The maximum Gasteiger partial charge on any atom is 0.285 e. The summed E-state index contributed by atoms with van der Waals surface area (Å²) >= 11 is 6.20. The van der Waals surface area contributed by atoms with E-state index in [4.69, 9.17) is 12.2 Å². The van der Waals surface area contributed by atoms with Crippen LogP contribution in [-0.2, 0) is 4.79 Å². The first-order valence-electron chi connectivity index (χ1n) is 6.83. The Morgan fingerprint density at radius 1 is 1.25 bits per heavy atom. The van der Waals surface area contributed by atoms with Crippen LogP contribution in [0.4, 0.5) is 0 Å². The van der Waals surface area contributed by atoms with E-state index >= 15 is 0 Å². The number of aromatic nitrogens is 1. The fourth-order valence-electron chi connectivity index (χ4n) is 1.98. The minimum Gasteiger partial charge on any atom is -0.507 e. The van der Waals surface area contributed by atoms with Crippen molar-refractivity contribution in [2.75, 3.05) is 0 Å². The first kappa shape index (κ1) is 16.2. The van der Waals surface area contributed by atoms with Gasteiger partial charge in [-0.3, -0.25) is 20.0 Å². The van der Waals surface area contributed by atoms with Gasteiger partial charge in [-0.05, 0) is 36.5 Å². The molecule has 1 aliphatic heterocycles. The van der Waals surface area contributed by atoms with E-state index in [1.54, 1.807) is 18.2 Å². The molecule has 3 rings (SSSR count). The van der Waals surface area contributed by atoms with E-state index in [-0.39, 0.29) is 10.1 Å². The van der Waals surface area contributed by atoms with Gasteiger partial charge < -0.3 is 5.11 Å². The third kappa shape index (κ3) is 3.29. The van der Waals surface area contributed by atoms with Gasteiger partial charge in [0.2, 0.25) is 0 Å². The molecule has 120 valence electrons. The summed E-state index contributed by atoms with van der Waals surface area (Å²) in [6.07, 6.45) is 4.50. The maximum absolute atomic E-state index is 12.4. The fraction of sp³-hybridized carbons (Fsp3) is 0. The standard InChI is InChI=1S/C16H11N3O3S2/c20-12-4-2-1-3-11(12)9-13-15(22)19(16(23)24-13)18-14(21)10-5-7-17-8-6-10/h1-9,20H,(H,18,21)/b13-9-. The number of rotatable bonds is 3. The summed E-state index contributed by atoms with van der Waals surface area (Å²) in [4.78, 5) is 28.7. The molecule has 2 N–H and O–H groups in total. The molecule has 1 saturated heterocycles. The lowest BCUT2D eigenvalue weighted by atomic mass is 10.2. The summed E-state index contributed by atoms with van der Waals surface area (Å²) in [5.74, 6) is -0.850. The van der Waals surface area contributed by atoms with E-state index in [9.17, 15) is 14.7 Å². The predicted molar refractivity (Wildman–Crippen MR) is 94.8 cm³/mol. The molecule has 1 aromatic carbocycles. The van der Waals surface area contributed by atoms with Gasteiger partial charge in [0, 0.05) is 23.5 Å². The monoisotopic (exact) mass is 357 g/mol. The van der Waals surface area contributed by atoms with Crippen molar-refractivity contribution in [1.29, 1.82) is 0 Å². The van der Waals surface area contributed by atoms with E-state index in [0.29, 0.717) is 16.0 Å². The number of para-hydroxylation sites is 1. The third-order valence-corrected chi connectivity index (χ3v) is 4.48. The van der Waals surface area contributed by atoms with Crippen LogP contribution in [0.3, 0.4) is 0 Å². The Hall–Kier alpha value is -2.71. The zero-order chi connectivity index (χ0) is 17.1. The summed E-state index contributed by atoms with van der Waals surface area (Å²) in [6.45, 7) is 0. The smallest absolute Gasteiger partial charge is 0.285 e. The van der Waals surface area contributed by atoms with Gasteiger partial charge in [0.1, 0.15) is 5.75 Å². The quantitative estimate of drug-likeness (QED) is 0.648. The van der Waals surface area contributed by atoms with Crippen molar-refractivity contribution >= 4 is 46.2 Å². The van der Waals surface area contributed by atoms with Gasteiger partial charge >= 0.3 is 0 Å². The maximum atomic E-state index is 12.4. The third-order valence-electron chi connectivity index (χ3n) is 3.17. The van der Waals surface area contributed by atoms with Crippen LogP contribution in [0.5, 0.6) is 5.75 Å². The summed E-state index contributed by atoms with van der Waals surface area (Å²) in [6, 6.07) is 9.70. The molecule has 0 bridgehead atoms. The molecule has 2 heterocycles. The van der Waals surface area contributed by atoms with Crippen molar-refractivity contribution in [1.82, 2.24) is 15.4 Å². The van der Waals surface area contributed by atoms with Crippen LogP contribution in [0.1, 0.15) is 15.9 Å². The van der Waals surface area contributed by atoms with Crippen LogP contribution in [0, 0.1) is 0 Å². The average Bonchev–Trinajstić information content (AvgIpc) is 2.85. The Labute approximate surface area is 147 Å². The molecule has 24 heavy (non-hydrogen) atoms. The Kier molecular flexibility index (Phi) is 4.59. The Balaban J connectivity index is 1.80. The Morgan fingerprint density at radius 2 is 1.96 bits per heavy atom. The molecule has 0 atom stereocenters. The van der Waals surface area contributed by atoms with Crippen LogP contribution in [0.15, 0.2) is 53.7 Å². The summed E-state index contributed by atoms with van der Waals surface area (Å²) in [5.41, 5.74) is 3.34. The molecule has 0 unspecified atom stereocenters. The average molecular weight is 357 g/mol. The van der Waals surface area contributed by atoms with E-state index in [2.05, 4.69) is 10.4 Å². The Bertz CT molecular complexity index is 853. The lowest BCUT2D eigenvalue weighted by molar-refractivity contribution is -0.123. The van der Waals surface area contributed by atoms with Crippen LogP contribution in [0.2, 0.25) is 0 Å². The molecule has 8 heteroatoms. The van der Waals surface area contributed by atoms with Gasteiger partial charge in [-0.15, -0.1) is 0 Å². The largest absolute Gasteiger partial charge is 0.507 e. The molecule has 1 aromatic heterocycles. The minimum absolute atomic E-state index is 0.0589. The normalized spacial score (nSPS) is 15.8. The zero-order valence-electron chi connectivity index (χ0n) is 12.2. The number of aromatic hydroxyl groups is 1. The number of pyridine rings is 1. The van der Waals surface area contributed by atoms with Gasteiger partial charge in [-0.2, -0.15) is 5.01 Å². The molecule has 0 radical (unpaired) electrons. The van der Waals surface area contributed by atoms with Crippen molar-refractivity contribution in [3.05, 3.63) is 64.8 Å². The van der Waals surface area contributed by atoms with E-state index in [1.807, 2.05) is 0 Å². The highest BCUT2D eigenvalue weighted by molar-refractivity contribution is 8.26. The molecule has 2 aromatic rings. The molecule has 1 fully saturated rings. The number of nitrogens with one attached hydrogen (secondary N) is 1. The number of thioether (sulfide) groups is 1. The molecule has 0 saturated carbocycles. The van der Waals surface area contributed by atoms with Gasteiger partial charge in [-0.25, -0.2) is 0 Å². The second kappa shape index (κ2) is 6.81.